The fourth-order valence-corrected chi connectivity index (χ4v) is 2.57. The molecule has 3 aromatic rings. The SMILES string of the molecule is Cc1cc(-c2ccccc2CN)[nH]c1Cc1ccccn1. The van der Waals surface area contributed by atoms with Crippen molar-refractivity contribution >= 4 is 0 Å². The van der Waals surface area contributed by atoms with E-state index in [-0.39, 0.29) is 0 Å². The summed E-state index contributed by atoms with van der Waals surface area (Å²) < 4.78 is 0. The van der Waals surface area contributed by atoms with Crippen molar-refractivity contribution < 1.29 is 0 Å². The summed E-state index contributed by atoms with van der Waals surface area (Å²) in [6.45, 7) is 2.67. The first-order chi connectivity index (χ1) is 10.3. The van der Waals surface area contributed by atoms with Gasteiger partial charge < -0.3 is 10.7 Å². The molecule has 0 aliphatic carbocycles. The Morgan fingerprint density at radius 1 is 1.10 bits per heavy atom. The molecule has 0 amide bonds. The van der Waals surface area contributed by atoms with E-state index >= 15 is 0 Å². The second-order valence-corrected chi connectivity index (χ2v) is 5.20. The molecule has 0 aliphatic rings. The molecule has 0 bridgehead atoms. The normalized spacial score (nSPS) is 10.8. The Morgan fingerprint density at radius 2 is 1.90 bits per heavy atom. The van der Waals surface area contributed by atoms with Gasteiger partial charge in [-0.2, -0.15) is 0 Å². The molecule has 0 saturated heterocycles. The number of benzene rings is 1. The van der Waals surface area contributed by atoms with Crippen molar-refractivity contribution in [2.75, 3.05) is 0 Å². The molecule has 0 spiro atoms. The highest BCUT2D eigenvalue weighted by Gasteiger charge is 2.10. The van der Waals surface area contributed by atoms with Crippen LogP contribution in [-0.2, 0) is 13.0 Å². The average Bonchev–Trinajstić information content (AvgIpc) is 2.89. The minimum Gasteiger partial charge on any atom is -0.358 e. The first-order valence-corrected chi connectivity index (χ1v) is 7.14. The number of H-pyrrole nitrogens is 1. The van der Waals surface area contributed by atoms with E-state index in [9.17, 15) is 0 Å². The molecule has 0 saturated carbocycles. The standard InChI is InChI=1S/C18H19N3/c1-13-10-18(16-8-3-2-6-14(16)12-19)21-17(13)11-15-7-4-5-9-20-15/h2-10,21H,11-12,19H2,1H3. The zero-order chi connectivity index (χ0) is 14.7. The predicted octanol–water partition coefficient (Wildman–Crippen LogP) is 3.43. The zero-order valence-electron chi connectivity index (χ0n) is 12.1. The number of nitrogens with zero attached hydrogens (tertiary/aromatic N) is 1. The first kappa shape index (κ1) is 13.6. The van der Waals surface area contributed by atoms with Gasteiger partial charge in [-0.05, 0) is 36.2 Å². The summed E-state index contributed by atoms with van der Waals surface area (Å²) in [5.41, 5.74) is 12.8. The molecule has 21 heavy (non-hydrogen) atoms. The Labute approximate surface area is 124 Å². The summed E-state index contributed by atoms with van der Waals surface area (Å²) in [4.78, 5) is 7.92. The van der Waals surface area contributed by atoms with Crippen molar-refractivity contribution in [3.63, 3.8) is 0 Å². The van der Waals surface area contributed by atoms with E-state index in [1.165, 1.54) is 16.8 Å². The lowest BCUT2D eigenvalue weighted by molar-refractivity contribution is 1.02. The van der Waals surface area contributed by atoms with E-state index < -0.39 is 0 Å². The molecule has 0 atom stereocenters. The molecule has 0 aliphatic heterocycles. The summed E-state index contributed by atoms with van der Waals surface area (Å²) in [5.74, 6) is 0. The van der Waals surface area contributed by atoms with Crippen molar-refractivity contribution in [1.29, 1.82) is 0 Å². The minimum atomic E-state index is 0.545. The van der Waals surface area contributed by atoms with Crippen LogP contribution in [0, 0.1) is 6.92 Å². The predicted molar refractivity (Wildman–Crippen MR) is 85.9 cm³/mol. The van der Waals surface area contributed by atoms with Gasteiger partial charge in [0, 0.05) is 41.8 Å². The molecule has 3 nitrogen and oxygen atoms in total. The molecular formula is C18H19N3. The Kier molecular flexibility index (Phi) is 3.84. The van der Waals surface area contributed by atoms with Crippen molar-refractivity contribution in [2.45, 2.75) is 19.9 Å². The summed E-state index contributed by atoms with van der Waals surface area (Å²) in [7, 11) is 0. The van der Waals surface area contributed by atoms with E-state index in [4.69, 9.17) is 5.73 Å². The van der Waals surface area contributed by atoms with E-state index in [1.54, 1.807) is 0 Å². The van der Waals surface area contributed by atoms with Crippen LogP contribution in [0.3, 0.4) is 0 Å². The number of hydrogen-bond donors (Lipinski definition) is 2. The summed E-state index contributed by atoms with van der Waals surface area (Å²) in [5, 5.41) is 0. The first-order valence-electron chi connectivity index (χ1n) is 7.14. The molecule has 0 fully saturated rings. The van der Waals surface area contributed by atoms with Crippen LogP contribution in [0.5, 0.6) is 0 Å². The topological polar surface area (TPSA) is 54.7 Å². The quantitative estimate of drug-likeness (QED) is 0.767. The Hall–Kier alpha value is -2.39. The number of nitrogens with one attached hydrogen (secondary N) is 1. The number of hydrogen-bond acceptors (Lipinski definition) is 2. The van der Waals surface area contributed by atoms with Crippen LogP contribution in [0.4, 0.5) is 0 Å². The van der Waals surface area contributed by atoms with Crippen LogP contribution in [0.2, 0.25) is 0 Å². The van der Waals surface area contributed by atoms with Gasteiger partial charge >= 0.3 is 0 Å². The van der Waals surface area contributed by atoms with Gasteiger partial charge in [0.05, 0.1) is 0 Å². The van der Waals surface area contributed by atoms with E-state index in [2.05, 4.69) is 35.1 Å². The smallest absolute Gasteiger partial charge is 0.0462 e. The molecule has 3 N–H and O–H groups in total. The highest BCUT2D eigenvalue weighted by molar-refractivity contribution is 5.65. The lowest BCUT2D eigenvalue weighted by atomic mass is 10.0. The molecule has 2 heterocycles. The average molecular weight is 277 g/mol. The van der Waals surface area contributed by atoms with Gasteiger partial charge in [0.2, 0.25) is 0 Å². The number of nitrogens with two attached hydrogens (primary N) is 1. The van der Waals surface area contributed by atoms with Crippen LogP contribution >= 0.6 is 0 Å². The number of aromatic amines is 1. The van der Waals surface area contributed by atoms with Crippen molar-refractivity contribution in [2.24, 2.45) is 5.73 Å². The van der Waals surface area contributed by atoms with E-state index in [0.717, 1.165) is 23.4 Å². The third-order valence-corrected chi connectivity index (χ3v) is 3.73. The fraction of sp³-hybridized carbons (Fsp3) is 0.167. The molecule has 0 unspecified atom stereocenters. The van der Waals surface area contributed by atoms with Crippen molar-refractivity contribution in [3.8, 4) is 11.3 Å². The number of pyridine rings is 1. The third-order valence-electron chi connectivity index (χ3n) is 3.73. The maximum Gasteiger partial charge on any atom is 0.0462 e. The molecule has 2 aromatic heterocycles. The van der Waals surface area contributed by atoms with Gasteiger partial charge in [0.25, 0.3) is 0 Å². The summed E-state index contributed by atoms with van der Waals surface area (Å²) in [6, 6.07) is 16.4. The second-order valence-electron chi connectivity index (χ2n) is 5.20. The van der Waals surface area contributed by atoms with E-state index in [0.29, 0.717) is 6.54 Å². The Bertz CT molecular complexity index is 729. The highest BCUT2D eigenvalue weighted by Crippen LogP contribution is 2.25. The van der Waals surface area contributed by atoms with E-state index in [1.807, 2.05) is 36.5 Å². The Balaban J connectivity index is 1.94. The summed E-state index contributed by atoms with van der Waals surface area (Å²) in [6.07, 6.45) is 2.65. The highest BCUT2D eigenvalue weighted by atomic mass is 14.8. The number of rotatable bonds is 4. The fourth-order valence-electron chi connectivity index (χ4n) is 2.57. The van der Waals surface area contributed by atoms with Crippen molar-refractivity contribution in [3.05, 3.63) is 77.2 Å². The van der Waals surface area contributed by atoms with Gasteiger partial charge in [-0.25, -0.2) is 0 Å². The van der Waals surface area contributed by atoms with Crippen LogP contribution in [0.15, 0.2) is 54.7 Å². The maximum atomic E-state index is 5.83. The maximum absolute atomic E-state index is 5.83. The lowest BCUT2D eigenvalue weighted by Gasteiger charge is -2.05. The van der Waals surface area contributed by atoms with Gasteiger partial charge in [-0.1, -0.05) is 30.3 Å². The molecular weight excluding hydrogens is 258 g/mol. The zero-order valence-corrected chi connectivity index (χ0v) is 12.1. The van der Waals surface area contributed by atoms with Crippen molar-refractivity contribution in [1.82, 2.24) is 9.97 Å². The van der Waals surface area contributed by atoms with Gasteiger partial charge in [-0.15, -0.1) is 0 Å². The lowest BCUT2D eigenvalue weighted by Crippen LogP contribution is -1.99. The molecule has 0 radical (unpaired) electrons. The van der Waals surface area contributed by atoms with Crippen LogP contribution in [-0.4, -0.2) is 9.97 Å². The number of aryl methyl sites for hydroxylation is 1. The largest absolute Gasteiger partial charge is 0.358 e. The van der Waals surface area contributed by atoms with Gasteiger partial charge in [0.1, 0.15) is 0 Å². The van der Waals surface area contributed by atoms with Gasteiger partial charge in [-0.3, -0.25) is 4.98 Å². The molecule has 3 heteroatoms. The summed E-state index contributed by atoms with van der Waals surface area (Å²) >= 11 is 0. The molecule has 1 aromatic carbocycles. The Morgan fingerprint density at radius 3 is 2.67 bits per heavy atom. The minimum absolute atomic E-state index is 0.545. The number of aromatic nitrogens is 2. The van der Waals surface area contributed by atoms with Gasteiger partial charge in [0.15, 0.2) is 0 Å². The van der Waals surface area contributed by atoms with Crippen LogP contribution < -0.4 is 5.73 Å². The van der Waals surface area contributed by atoms with Crippen LogP contribution in [0.25, 0.3) is 11.3 Å². The second kappa shape index (κ2) is 5.94. The monoisotopic (exact) mass is 277 g/mol. The molecule has 106 valence electrons. The molecule has 3 rings (SSSR count). The van der Waals surface area contributed by atoms with Crippen LogP contribution in [0.1, 0.15) is 22.5 Å². The third kappa shape index (κ3) is 2.88.